The van der Waals surface area contributed by atoms with Crippen molar-refractivity contribution in [1.29, 1.82) is 0 Å². The third-order valence-electron chi connectivity index (χ3n) is 7.25. The van der Waals surface area contributed by atoms with Gasteiger partial charge in [0.15, 0.2) is 0 Å². The molecule has 1 saturated carbocycles. The number of piperazine rings is 1. The Kier molecular flexibility index (Phi) is 6.15. The van der Waals surface area contributed by atoms with Crippen LogP contribution >= 0.6 is 0 Å². The molecule has 2 aliphatic heterocycles. The second-order valence-electron chi connectivity index (χ2n) is 9.33. The highest BCUT2D eigenvalue weighted by Crippen LogP contribution is 2.43. The number of hydrogen-bond donors (Lipinski definition) is 1. The fraction of sp³-hybridized carbons (Fsp3) is 0.444. The van der Waals surface area contributed by atoms with E-state index in [1.165, 1.54) is 25.7 Å². The fourth-order valence-corrected chi connectivity index (χ4v) is 5.52. The molecule has 0 spiro atoms. The summed E-state index contributed by atoms with van der Waals surface area (Å²) < 4.78 is 0. The van der Waals surface area contributed by atoms with Crippen molar-refractivity contribution in [2.75, 3.05) is 19.7 Å². The van der Waals surface area contributed by atoms with Crippen LogP contribution in [0.3, 0.4) is 0 Å². The molecule has 5 rings (SSSR count). The van der Waals surface area contributed by atoms with Crippen LogP contribution in [0.4, 0.5) is 0 Å². The van der Waals surface area contributed by atoms with Gasteiger partial charge in [-0.15, -0.1) is 0 Å². The summed E-state index contributed by atoms with van der Waals surface area (Å²) in [5.74, 6) is 7.05. The number of hydrogen-bond acceptors (Lipinski definition) is 4. The standard InChI is InChI=1S/C27H29N3O3/c31-18-24-27(22-11-9-20(10-12-22)8-7-19-4-1-2-5-19)23-16-29(17-26(33)30(23)24)25(32)14-21-6-3-13-28-15-21/h3,6,9-13,15,19,23-24,27,31H,1-2,4-5,14,16-18H2/t23-,24-,27-/m1/s1. The van der Waals surface area contributed by atoms with Crippen molar-refractivity contribution < 1.29 is 14.7 Å². The van der Waals surface area contributed by atoms with Gasteiger partial charge in [0.1, 0.15) is 0 Å². The lowest BCUT2D eigenvalue weighted by molar-refractivity contribution is -0.166. The van der Waals surface area contributed by atoms with Crippen LogP contribution in [0.25, 0.3) is 0 Å². The van der Waals surface area contributed by atoms with Gasteiger partial charge in [-0.25, -0.2) is 0 Å². The van der Waals surface area contributed by atoms with Gasteiger partial charge in [0, 0.05) is 36.3 Å². The Morgan fingerprint density at radius 3 is 2.64 bits per heavy atom. The van der Waals surface area contributed by atoms with Gasteiger partial charge in [-0.05, 0) is 42.2 Å². The number of rotatable bonds is 4. The van der Waals surface area contributed by atoms with Crippen LogP contribution in [-0.4, -0.2) is 63.5 Å². The van der Waals surface area contributed by atoms with E-state index in [-0.39, 0.29) is 49.4 Å². The Balaban J connectivity index is 1.29. The lowest BCUT2D eigenvalue weighted by Gasteiger charge is -2.58. The Morgan fingerprint density at radius 1 is 1.15 bits per heavy atom. The first-order valence-electron chi connectivity index (χ1n) is 11.8. The molecular weight excluding hydrogens is 414 g/mol. The Labute approximate surface area is 194 Å². The molecule has 33 heavy (non-hydrogen) atoms. The Bertz CT molecular complexity index is 1070. The molecule has 6 nitrogen and oxygen atoms in total. The molecule has 3 heterocycles. The van der Waals surface area contributed by atoms with E-state index in [0.29, 0.717) is 12.5 Å². The molecule has 2 aromatic rings. The van der Waals surface area contributed by atoms with Crippen LogP contribution in [0.1, 0.15) is 48.3 Å². The monoisotopic (exact) mass is 443 g/mol. The molecule has 1 aromatic heterocycles. The van der Waals surface area contributed by atoms with Gasteiger partial charge in [-0.3, -0.25) is 14.6 Å². The normalized spacial score (nSPS) is 24.6. The maximum absolute atomic E-state index is 12.9. The zero-order chi connectivity index (χ0) is 22.8. The molecule has 3 fully saturated rings. The number of benzene rings is 1. The molecule has 2 amide bonds. The zero-order valence-electron chi connectivity index (χ0n) is 18.7. The number of carbonyl (C=O) groups excluding carboxylic acids is 2. The fourth-order valence-electron chi connectivity index (χ4n) is 5.52. The Hall–Kier alpha value is -3.17. The van der Waals surface area contributed by atoms with E-state index in [1.807, 2.05) is 18.2 Å². The minimum Gasteiger partial charge on any atom is -0.394 e. The van der Waals surface area contributed by atoms with E-state index in [9.17, 15) is 14.7 Å². The highest BCUT2D eigenvalue weighted by molar-refractivity contribution is 5.88. The first-order valence-corrected chi connectivity index (χ1v) is 11.8. The molecule has 3 aliphatic rings. The number of carbonyl (C=O) groups is 2. The Morgan fingerprint density at radius 2 is 1.94 bits per heavy atom. The van der Waals surface area contributed by atoms with Crippen molar-refractivity contribution in [3.8, 4) is 11.8 Å². The molecule has 1 aliphatic carbocycles. The van der Waals surface area contributed by atoms with Crippen molar-refractivity contribution in [2.45, 2.75) is 50.1 Å². The summed E-state index contributed by atoms with van der Waals surface area (Å²) >= 11 is 0. The quantitative estimate of drug-likeness (QED) is 0.737. The average Bonchev–Trinajstić information content (AvgIpc) is 3.34. The van der Waals surface area contributed by atoms with Crippen LogP contribution in [-0.2, 0) is 16.0 Å². The van der Waals surface area contributed by atoms with Crippen molar-refractivity contribution in [2.24, 2.45) is 5.92 Å². The summed E-state index contributed by atoms with van der Waals surface area (Å²) in [6.07, 6.45) is 8.55. The van der Waals surface area contributed by atoms with Crippen LogP contribution in [0, 0.1) is 17.8 Å². The highest BCUT2D eigenvalue weighted by atomic mass is 16.3. The van der Waals surface area contributed by atoms with Gasteiger partial charge in [-0.1, -0.05) is 42.9 Å². The third kappa shape index (κ3) is 4.38. The van der Waals surface area contributed by atoms with Gasteiger partial charge in [0.05, 0.1) is 31.7 Å². The molecule has 170 valence electrons. The summed E-state index contributed by atoms with van der Waals surface area (Å²) in [4.78, 5) is 33.2. The van der Waals surface area contributed by atoms with Gasteiger partial charge in [0.25, 0.3) is 0 Å². The predicted octanol–water partition coefficient (Wildman–Crippen LogP) is 2.36. The predicted molar refractivity (Wildman–Crippen MR) is 124 cm³/mol. The first-order chi connectivity index (χ1) is 16.1. The van der Waals surface area contributed by atoms with Crippen molar-refractivity contribution in [3.63, 3.8) is 0 Å². The second-order valence-corrected chi connectivity index (χ2v) is 9.33. The third-order valence-corrected chi connectivity index (χ3v) is 7.25. The smallest absolute Gasteiger partial charge is 0.242 e. The molecular formula is C27H29N3O3. The average molecular weight is 444 g/mol. The SMILES string of the molecule is O=C(Cc1cccnc1)N1CC(=O)N2[C@H](CO)[C@H](c3ccc(C#CC4CCCC4)cc3)[C@H]2C1. The van der Waals surface area contributed by atoms with Crippen LogP contribution in [0.5, 0.6) is 0 Å². The van der Waals surface area contributed by atoms with E-state index in [4.69, 9.17) is 0 Å². The lowest BCUT2D eigenvalue weighted by atomic mass is 9.73. The molecule has 2 saturated heterocycles. The van der Waals surface area contributed by atoms with Crippen LogP contribution in [0.2, 0.25) is 0 Å². The van der Waals surface area contributed by atoms with E-state index < -0.39 is 0 Å². The number of fused-ring (bicyclic) bond motifs is 1. The maximum atomic E-state index is 12.9. The van der Waals surface area contributed by atoms with E-state index in [2.05, 4.69) is 29.0 Å². The first kappa shape index (κ1) is 21.7. The maximum Gasteiger partial charge on any atom is 0.242 e. The zero-order valence-corrected chi connectivity index (χ0v) is 18.7. The minimum atomic E-state index is -0.242. The number of nitrogens with zero attached hydrogens (tertiary/aromatic N) is 3. The van der Waals surface area contributed by atoms with Gasteiger partial charge in [0.2, 0.25) is 11.8 Å². The van der Waals surface area contributed by atoms with Gasteiger partial charge < -0.3 is 14.9 Å². The minimum absolute atomic E-state index is 0.00443. The van der Waals surface area contributed by atoms with Crippen molar-refractivity contribution in [1.82, 2.24) is 14.8 Å². The summed E-state index contributed by atoms with van der Waals surface area (Å²) in [6, 6.07) is 11.5. The summed E-state index contributed by atoms with van der Waals surface area (Å²) in [5.41, 5.74) is 2.91. The van der Waals surface area contributed by atoms with E-state index in [0.717, 1.165) is 16.7 Å². The van der Waals surface area contributed by atoms with Crippen LogP contribution < -0.4 is 0 Å². The number of aromatic nitrogens is 1. The van der Waals surface area contributed by atoms with E-state index >= 15 is 0 Å². The molecule has 0 bridgehead atoms. The summed E-state index contributed by atoms with van der Waals surface area (Å²) in [7, 11) is 0. The molecule has 0 radical (unpaired) electrons. The van der Waals surface area contributed by atoms with Gasteiger partial charge >= 0.3 is 0 Å². The van der Waals surface area contributed by atoms with Gasteiger partial charge in [-0.2, -0.15) is 0 Å². The number of pyridine rings is 1. The van der Waals surface area contributed by atoms with E-state index in [1.54, 1.807) is 28.3 Å². The summed E-state index contributed by atoms with van der Waals surface area (Å²) in [5, 5.41) is 10.0. The number of aliphatic hydroxyl groups is 1. The summed E-state index contributed by atoms with van der Waals surface area (Å²) in [6.45, 7) is 0.462. The topological polar surface area (TPSA) is 73.7 Å². The number of amides is 2. The number of aliphatic hydroxyl groups excluding tert-OH is 1. The largest absolute Gasteiger partial charge is 0.394 e. The molecule has 6 heteroatoms. The van der Waals surface area contributed by atoms with Crippen LogP contribution in [0.15, 0.2) is 48.8 Å². The second kappa shape index (κ2) is 9.36. The molecule has 1 aromatic carbocycles. The lowest BCUT2D eigenvalue weighted by Crippen LogP contribution is -2.73. The van der Waals surface area contributed by atoms with Crippen molar-refractivity contribution >= 4 is 11.8 Å². The highest BCUT2D eigenvalue weighted by Gasteiger charge is 2.54. The molecule has 3 atom stereocenters. The molecule has 0 unspecified atom stereocenters. The molecule has 1 N–H and O–H groups in total. The van der Waals surface area contributed by atoms with Crippen molar-refractivity contribution in [3.05, 3.63) is 65.5 Å².